The van der Waals surface area contributed by atoms with Crippen LogP contribution in [0, 0.1) is 17.8 Å². The second-order valence-corrected chi connectivity index (χ2v) is 16.5. The number of nitrogens with zero attached hydrogens (tertiary/aromatic N) is 2. The number of aromatic nitrogens is 1. The highest BCUT2D eigenvalue weighted by molar-refractivity contribution is 6.10. The van der Waals surface area contributed by atoms with Gasteiger partial charge >= 0.3 is 0 Å². The van der Waals surface area contributed by atoms with E-state index in [2.05, 4.69) is 185 Å². The zero-order chi connectivity index (χ0) is 35.6. The maximum atomic E-state index is 2.47. The van der Waals surface area contributed by atoms with E-state index in [1.54, 1.807) is 5.56 Å². The molecule has 262 valence electrons. The molecule has 4 saturated carbocycles. The second-order valence-electron chi connectivity index (χ2n) is 16.5. The minimum Gasteiger partial charge on any atom is -0.310 e. The standard InChI is InChI=1S/C52H44N2/c1-3-9-39(10-4-1)41-17-23-45(24-18-41)53(47-27-28-51-49(32-47)48-13-7-8-14-50(48)54(51)44-11-5-2-6-12-44)46-25-19-42(20-26-46)40-15-21-43(22-16-40)52-33-36-29-37(34-52)31-38(30-36)35-52/h1-28,32,36-38H,29-31,33-35H2. The molecule has 0 saturated heterocycles. The summed E-state index contributed by atoms with van der Waals surface area (Å²) in [6, 6.07) is 65.0. The van der Waals surface area contributed by atoms with Crippen molar-refractivity contribution in [3.05, 3.63) is 181 Å². The van der Waals surface area contributed by atoms with E-state index in [1.807, 2.05) is 0 Å². The number of benzene rings is 7. The van der Waals surface area contributed by atoms with E-state index < -0.39 is 0 Å². The summed E-state index contributed by atoms with van der Waals surface area (Å²) in [5.74, 6) is 2.89. The normalized spacial score (nSPS) is 21.5. The van der Waals surface area contributed by atoms with Crippen LogP contribution in [0.1, 0.15) is 44.1 Å². The van der Waals surface area contributed by atoms with Gasteiger partial charge in [-0.15, -0.1) is 0 Å². The number of hydrogen-bond donors (Lipinski definition) is 0. The van der Waals surface area contributed by atoms with E-state index in [-0.39, 0.29) is 0 Å². The van der Waals surface area contributed by atoms with E-state index in [1.165, 1.54) is 88.3 Å². The minimum absolute atomic E-state index is 0.433. The Labute approximate surface area is 318 Å². The Morgan fingerprint density at radius 3 is 1.46 bits per heavy atom. The quantitative estimate of drug-likeness (QED) is 0.161. The molecule has 0 N–H and O–H groups in total. The zero-order valence-electron chi connectivity index (χ0n) is 30.6. The maximum absolute atomic E-state index is 2.47. The van der Waals surface area contributed by atoms with Gasteiger partial charge in [-0.25, -0.2) is 0 Å². The summed E-state index contributed by atoms with van der Waals surface area (Å²) in [7, 11) is 0. The fraction of sp³-hybridized carbons (Fsp3) is 0.192. The Hall–Kier alpha value is -5.86. The van der Waals surface area contributed by atoms with Crippen LogP contribution in [0.2, 0.25) is 0 Å². The van der Waals surface area contributed by atoms with Gasteiger partial charge in [-0.2, -0.15) is 0 Å². The average Bonchev–Trinajstić information content (AvgIpc) is 3.55. The van der Waals surface area contributed by atoms with Gasteiger partial charge in [0.25, 0.3) is 0 Å². The largest absolute Gasteiger partial charge is 0.310 e. The topological polar surface area (TPSA) is 8.17 Å². The predicted molar refractivity (Wildman–Crippen MR) is 226 cm³/mol. The van der Waals surface area contributed by atoms with Crippen molar-refractivity contribution in [2.45, 2.75) is 43.9 Å². The molecule has 0 amide bonds. The van der Waals surface area contributed by atoms with Gasteiger partial charge in [-0.3, -0.25) is 0 Å². The van der Waals surface area contributed by atoms with Gasteiger partial charge in [-0.05, 0) is 150 Å². The van der Waals surface area contributed by atoms with E-state index in [9.17, 15) is 0 Å². The second kappa shape index (κ2) is 12.6. The molecule has 0 radical (unpaired) electrons. The number of rotatable bonds is 7. The molecule has 4 fully saturated rings. The smallest absolute Gasteiger partial charge is 0.0542 e. The molecule has 54 heavy (non-hydrogen) atoms. The predicted octanol–water partition coefficient (Wildman–Crippen LogP) is 14.1. The molecule has 2 heteroatoms. The van der Waals surface area contributed by atoms with Crippen molar-refractivity contribution in [1.29, 1.82) is 0 Å². The van der Waals surface area contributed by atoms with Crippen molar-refractivity contribution in [3.63, 3.8) is 0 Å². The molecule has 4 bridgehead atoms. The molecule has 0 atom stereocenters. The van der Waals surface area contributed by atoms with Crippen LogP contribution in [-0.2, 0) is 5.41 Å². The molecule has 4 aliphatic carbocycles. The summed E-state index contributed by atoms with van der Waals surface area (Å²) < 4.78 is 2.39. The van der Waals surface area contributed by atoms with E-state index >= 15 is 0 Å². The van der Waals surface area contributed by atoms with Crippen LogP contribution in [0.4, 0.5) is 17.1 Å². The summed E-state index contributed by atoms with van der Waals surface area (Å²) in [5, 5.41) is 2.50. The van der Waals surface area contributed by atoms with Gasteiger partial charge in [0, 0.05) is 33.5 Å². The van der Waals surface area contributed by atoms with Crippen LogP contribution in [0.25, 0.3) is 49.7 Å². The van der Waals surface area contributed by atoms with Gasteiger partial charge in [0.05, 0.1) is 11.0 Å². The van der Waals surface area contributed by atoms with Crippen LogP contribution in [0.3, 0.4) is 0 Å². The highest BCUT2D eigenvalue weighted by Crippen LogP contribution is 2.60. The third kappa shape index (κ3) is 5.30. The third-order valence-corrected chi connectivity index (χ3v) is 13.2. The molecule has 4 aliphatic rings. The Balaban J connectivity index is 0.977. The summed E-state index contributed by atoms with van der Waals surface area (Å²) in [5.41, 5.74) is 14.0. The number of fused-ring (bicyclic) bond motifs is 3. The van der Waals surface area contributed by atoms with E-state index in [4.69, 9.17) is 0 Å². The molecule has 0 spiro atoms. The Morgan fingerprint density at radius 1 is 0.407 bits per heavy atom. The first kappa shape index (κ1) is 31.6. The monoisotopic (exact) mass is 696 g/mol. The zero-order valence-corrected chi connectivity index (χ0v) is 30.6. The van der Waals surface area contributed by atoms with Crippen LogP contribution in [0.15, 0.2) is 176 Å². The molecule has 8 aromatic rings. The van der Waals surface area contributed by atoms with Gasteiger partial charge in [0.1, 0.15) is 0 Å². The van der Waals surface area contributed by atoms with Crippen LogP contribution < -0.4 is 4.90 Å². The van der Waals surface area contributed by atoms with Crippen molar-refractivity contribution in [2.24, 2.45) is 17.8 Å². The molecule has 12 rings (SSSR count). The first-order valence-corrected chi connectivity index (χ1v) is 19.9. The van der Waals surface area contributed by atoms with Crippen LogP contribution in [0.5, 0.6) is 0 Å². The SMILES string of the molecule is c1ccc(-c2ccc(N(c3ccc(-c4ccc(C56CC7CC(CC(C7)C5)C6)cc4)cc3)c3ccc4c(c3)c3ccccc3n4-c3ccccc3)cc2)cc1. The lowest BCUT2D eigenvalue weighted by Crippen LogP contribution is -2.48. The van der Waals surface area contributed by atoms with Crippen molar-refractivity contribution in [3.8, 4) is 27.9 Å². The molecule has 0 unspecified atom stereocenters. The number of hydrogen-bond acceptors (Lipinski definition) is 1. The van der Waals surface area contributed by atoms with Crippen LogP contribution in [-0.4, -0.2) is 4.57 Å². The summed E-state index contributed by atoms with van der Waals surface area (Å²) in [6.07, 6.45) is 8.70. The van der Waals surface area contributed by atoms with Gasteiger partial charge in [0.15, 0.2) is 0 Å². The van der Waals surface area contributed by atoms with Crippen molar-refractivity contribution < 1.29 is 0 Å². The Kier molecular flexibility index (Phi) is 7.40. The average molecular weight is 697 g/mol. The lowest BCUT2D eigenvalue weighted by molar-refractivity contribution is -0.00518. The molecule has 1 heterocycles. The van der Waals surface area contributed by atoms with E-state index in [0.717, 1.165) is 34.8 Å². The first-order chi connectivity index (χ1) is 26.7. The van der Waals surface area contributed by atoms with Crippen LogP contribution >= 0.6 is 0 Å². The fourth-order valence-electron chi connectivity index (χ4n) is 11.1. The highest BCUT2D eigenvalue weighted by atomic mass is 15.1. The van der Waals surface area contributed by atoms with Crippen molar-refractivity contribution >= 4 is 38.9 Å². The Bertz CT molecular complexity index is 2560. The molecule has 2 nitrogen and oxygen atoms in total. The summed E-state index contributed by atoms with van der Waals surface area (Å²) in [6.45, 7) is 0. The number of anilines is 3. The summed E-state index contributed by atoms with van der Waals surface area (Å²) in [4.78, 5) is 2.41. The minimum atomic E-state index is 0.433. The molecule has 1 aromatic heterocycles. The fourth-order valence-corrected chi connectivity index (χ4v) is 11.1. The van der Waals surface area contributed by atoms with Gasteiger partial charge in [0.2, 0.25) is 0 Å². The van der Waals surface area contributed by atoms with Gasteiger partial charge < -0.3 is 9.47 Å². The lowest BCUT2D eigenvalue weighted by Gasteiger charge is -2.57. The molecule has 0 aliphatic heterocycles. The van der Waals surface area contributed by atoms with Crippen molar-refractivity contribution in [1.82, 2.24) is 4.57 Å². The molecular weight excluding hydrogens is 653 g/mol. The van der Waals surface area contributed by atoms with Crippen molar-refractivity contribution in [2.75, 3.05) is 4.90 Å². The van der Waals surface area contributed by atoms with E-state index in [0.29, 0.717) is 5.41 Å². The lowest BCUT2D eigenvalue weighted by atomic mass is 9.48. The molecule has 7 aromatic carbocycles. The maximum Gasteiger partial charge on any atom is 0.0542 e. The summed E-state index contributed by atoms with van der Waals surface area (Å²) >= 11 is 0. The molecular formula is C52H44N2. The highest BCUT2D eigenvalue weighted by Gasteiger charge is 2.51. The number of para-hydroxylation sites is 2. The van der Waals surface area contributed by atoms with Gasteiger partial charge in [-0.1, -0.05) is 115 Å². The first-order valence-electron chi connectivity index (χ1n) is 19.9. The Morgan fingerprint density at radius 2 is 0.870 bits per heavy atom. The third-order valence-electron chi connectivity index (χ3n) is 13.2.